The highest BCUT2D eigenvalue weighted by Crippen LogP contribution is 2.39. The minimum Gasteiger partial charge on any atom is -0.389 e. The number of nitrogens with one attached hydrogen (secondary N) is 1. The maximum atomic E-state index is 12.2. The van der Waals surface area contributed by atoms with E-state index in [-0.39, 0.29) is 11.8 Å². The average Bonchev–Trinajstić information content (AvgIpc) is 2.90. The van der Waals surface area contributed by atoms with E-state index in [1.807, 2.05) is 4.90 Å². The fourth-order valence-corrected chi connectivity index (χ4v) is 3.30. The van der Waals surface area contributed by atoms with Gasteiger partial charge in [-0.05, 0) is 25.3 Å². The number of aliphatic hydroxyl groups is 1. The predicted molar refractivity (Wildman–Crippen MR) is 66.0 cm³/mol. The second kappa shape index (κ2) is 4.39. The fraction of sp³-hybridized carbons (Fsp3) is 0.692. The van der Waals surface area contributed by atoms with Crippen LogP contribution >= 0.6 is 0 Å². The van der Waals surface area contributed by atoms with Gasteiger partial charge in [-0.3, -0.25) is 9.89 Å². The number of carbonyl (C=O) groups is 1. The molecule has 1 aromatic heterocycles. The molecule has 3 rings (SSSR count). The van der Waals surface area contributed by atoms with E-state index in [2.05, 4.69) is 10.2 Å². The van der Waals surface area contributed by atoms with Crippen LogP contribution in [0.4, 0.5) is 0 Å². The largest absolute Gasteiger partial charge is 0.389 e. The van der Waals surface area contributed by atoms with Crippen molar-refractivity contribution in [3.63, 3.8) is 0 Å². The third-order valence-corrected chi connectivity index (χ3v) is 4.45. The van der Waals surface area contributed by atoms with Gasteiger partial charge in [0.1, 0.15) is 5.69 Å². The molecule has 2 heterocycles. The van der Waals surface area contributed by atoms with Crippen LogP contribution in [0.3, 0.4) is 0 Å². The lowest BCUT2D eigenvalue weighted by molar-refractivity contribution is -0.0886. The van der Waals surface area contributed by atoms with Crippen LogP contribution in [0.15, 0.2) is 12.3 Å². The molecule has 0 radical (unpaired) electrons. The normalized spacial score (nSPS) is 32.1. The van der Waals surface area contributed by atoms with Gasteiger partial charge in [0.25, 0.3) is 5.91 Å². The number of aromatic nitrogens is 2. The molecule has 2 fully saturated rings. The molecule has 1 amide bonds. The first-order valence-corrected chi connectivity index (χ1v) is 6.70. The Morgan fingerprint density at radius 1 is 1.50 bits per heavy atom. The molecule has 18 heavy (non-hydrogen) atoms. The zero-order valence-electron chi connectivity index (χ0n) is 10.4. The van der Waals surface area contributed by atoms with Crippen LogP contribution in [-0.2, 0) is 0 Å². The van der Waals surface area contributed by atoms with E-state index in [0.29, 0.717) is 25.2 Å². The Balaban J connectivity index is 1.72. The van der Waals surface area contributed by atoms with Crippen LogP contribution in [0.25, 0.3) is 0 Å². The number of hydrogen-bond acceptors (Lipinski definition) is 3. The van der Waals surface area contributed by atoms with Gasteiger partial charge in [0.2, 0.25) is 0 Å². The summed E-state index contributed by atoms with van der Waals surface area (Å²) < 4.78 is 0. The van der Waals surface area contributed by atoms with Crippen molar-refractivity contribution in [3.8, 4) is 0 Å². The van der Waals surface area contributed by atoms with Crippen LogP contribution in [-0.4, -0.2) is 44.8 Å². The van der Waals surface area contributed by atoms with Gasteiger partial charge in [-0.15, -0.1) is 0 Å². The summed E-state index contributed by atoms with van der Waals surface area (Å²) in [6.07, 6.45) is 6.50. The highest BCUT2D eigenvalue weighted by atomic mass is 16.3. The standard InChI is InChI=1S/C13H19N3O2/c17-12(11-4-7-14-15-11)16-8-6-13(18)5-2-1-3-10(13)9-16/h4,7,10,18H,1-3,5-6,8-9H2,(H,14,15). The summed E-state index contributed by atoms with van der Waals surface area (Å²) in [5.41, 5.74) is 0.0134. The Hall–Kier alpha value is -1.36. The average molecular weight is 249 g/mol. The molecule has 98 valence electrons. The van der Waals surface area contributed by atoms with Crippen LogP contribution in [0, 0.1) is 5.92 Å². The second-order valence-corrected chi connectivity index (χ2v) is 5.52. The summed E-state index contributed by atoms with van der Waals surface area (Å²) in [4.78, 5) is 14.1. The lowest BCUT2D eigenvalue weighted by Gasteiger charge is -2.47. The molecule has 1 saturated carbocycles. The van der Waals surface area contributed by atoms with Crippen molar-refractivity contribution in [1.82, 2.24) is 15.1 Å². The minimum atomic E-state index is -0.525. The summed E-state index contributed by atoms with van der Waals surface area (Å²) in [5.74, 6) is 0.243. The number of aromatic amines is 1. The van der Waals surface area contributed by atoms with Crippen molar-refractivity contribution < 1.29 is 9.90 Å². The van der Waals surface area contributed by atoms with Gasteiger partial charge in [0.15, 0.2) is 0 Å². The van der Waals surface area contributed by atoms with E-state index in [0.717, 1.165) is 19.3 Å². The summed E-state index contributed by atoms with van der Waals surface area (Å²) in [6, 6.07) is 1.70. The number of amides is 1. The monoisotopic (exact) mass is 249 g/mol. The summed E-state index contributed by atoms with van der Waals surface area (Å²) in [5, 5.41) is 17.1. The lowest BCUT2D eigenvalue weighted by Crippen LogP contribution is -2.54. The Morgan fingerprint density at radius 3 is 3.17 bits per heavy atom. The van der Waals surface area contributed by atoms with Gasteiger partial charge < -0.3 is 10.0 Å². The van der Waals surface area contributed by atoms with E-state index in [1.165, 1.54) is 6.42 Å². The molecular weight excluding hydrogens is 230 g/mol. The minimum absolute atomic E-state index is 0.000114. The second-order valence-electron chi connectivity index (χ2n) is 5.52. The van der Waals surface area contributed by atoms with Crippen LogP contribution in [0.5, 0.6) is 0 Å². The van der Waals surface area contributed by atoms with Crippen LogP contribution in [0.1, 0.15) is 42.6 Å². The Bertz CT molecular complexity index is 431. The maximum absolute atomic E-state index is 12.2. The molecular formula is C13H19N3O2. The van der Waals surface area contributed by atoms with Crippen molar-refractivity contribution in [2.24, 2.45) is 5.92 Å². The first-order chi connectivity index (χ1) is 8.69. The molecule has 2 N–H and O–H groups in total. The van der Waals surface area contributed by atoms with E-state index >= 15 is 0 Å². The lowest BCUT2D eigenvalue weighted by atomic mass is 9.71. The number of nitrogens with zero attached hydrogens (tertiary/aromatic N) is 2. The SMILES string of the molecule is O=C(c1ccn[nH]1)N1CCC2(O)CCCCC2C1. The van der Waals surface area contributed by atoms with E-state index in [4.69, 9.17) is 0 Å². The number of hydrogen-bond donors (Lipinski definition) is 2. The smallest absolute Gasteiger partial charge is 0.271 e. The third kappa shape index (κ3) is 1.92. The van der Waals surface area contributed by atoms with Crippen molar-refractivity contribution in [2.75, 3.05) is 13.1 Å². The number of H-pyrrole nitrogens is 1. The quantitative estimate of drug-likeness (QED) is 0.785. The van der Waals surface area contributed by atoms with Gasteiger partial charge in [-0.1, -0.05) is 12.8 Å². The molecule has 2 unspecified atom stereocenters. The molecule has 2 aliphatic rings. The summed E-state index contributed by atoms with van der Waals surface area (Å²) in [6.45, 7) is 1.32. The number of piperidine rings is 1. The number of likely N-dealkylation sites (tertiary alicyclic amines) is 1. The zero-order chi connectivity index (χ0) is 12.6. The molecule has 1 aromatic rings. The molecule has 5 nitrogen and oxygen atoms in total. The summed E-state index contributed by atoms with van der Waals surface area (Å²) in [7, 11) is 0. The Labute approximate surface area is 106 Å². The van der Waals surface area contributed by atoms with Crippen molar-refractivity contribution >= 4 is 5.91 Å². The molecule has 2 atom stereocenters. The van der Waals surface area contributed by atoms with Gasteiger partial charge in [0, 0.05) is 25.2 Å². The highest BCUT2D eigenvalue weighted by Gasteiger charge is 2.43. The number of fused-ring (bicyclic) bond motifs is 1. The van der Waals surface area contributed by atoms with Gasteiger partial charge in [-0.25, -0.2) is 0 Å². The van der Waals surface area contributed by atoms with E-state index in [1.54, 1.807) is 12.3 Å². The Kier molecular flexibility index (Phi) is 2.86. The van der Waals surface area contributed by atoms with Crippen LogP contribution < -0.4 is 0 Å². The van der Waals surface area contributed by atoms with Crippen molar-refractivity contribution in [2.45, 2.75) is 37.7 Å². The molecule has 0 spiro atoms. The molecule has 5 heteroatoms. The van der Waals surface area contributed by atoms with Gasteiger partial charge in [-0.2, -0.15) is 5.10 Å². The molecule has 0 bridgehead atoms. The maximum Gasteiger partial charge on any atom is 0.271 e. The fourth-order valence-electron chi connectivity index (χ4n) is 3.30. The number of carbonyl (C=O) groups excluding carboxylic acids is 1. The third-order valence-electron chi connectivity index (χ3n) is 4.45. The molecule has 0 aromatic carbocycles. The topological polar surface area (TPSA) is 69.2 Å². The van der Waals surface area contributed by atoms with Crippen molar-refractivity contribution in [1.29, 1.82) is 0 Å². The number of rotatable bonds is 1. The van der Waals surface area contributed by atoms with E-state index in [9.17, 15) is 9.90 Å². The molecule has 1 aliphatic heterocycles. The van der Waals surface area contributed by atoms with Crippen molar-refractivity contribution in [3.05, 3.63) is 18.0 Å². The van der Waals surface area contributed by atoms with Crippen LogP contribution in [0.2, 0.25) is 0 Å². The highest BCUT2D eigenvalue weighted by molar-refractivity contribution is 5.92. The Morgan fingerprint density at radius 2 is 2.39 bits per heavy atom. The molecule has 1 aliphatic carbocycles. The van der Waals surface area contributed by atoms with Gasteiger partial charge >= 0.3 is 0 Å². The van der Waals surface area contributed by atoms with E-state index < -0.39 is 5.60 Å². The first-order valence-electron chi connectivity index (χ1n) is 6.70. The molecule has 1 saturated heterocycles. The zero-order valence-corrected chi connectivity index (χ0v) is 10.4. The summed E-state index contributed by atoms with van der Waals surface area (Å²) >= 11 is 0. The van der Waals surface area contributed by atoms with Gasteiger partial charge in [0.05, 0.1) is 5.60 Å². The first kappa shape index (κ1) is 11.7. The predicted octanol–water partition coefficient (Wildman–Crippen LogP) is 1.18.